The topological polar surface area (TPSA) is 35.5 Å². The van der Waals surface area contributed by atoms with E-state index in [9.17, 15) is 13.6 Å². The molecule has 0 amide bonds. The van der Waals surface area contributed by atoms with E-state index in [1.165, 1.54) is 18.2 Å². The van der Waals surface area contributed by atoms with Crippen molar-refractivity contribution in [3.63, 3.8) is 0 Å². The largest absolute Gasteiger partial charge is 0.493 e. The second-order valence-electron chi connectivity index (χ2n) is 3.84. The second-order valence-corrected chi connectivity index (χ2v) is 3.84. The van der Waals surface area contributed by atoms with E-state index in [0.717, 1.165) is 13.5 Å². The van der Waals surface area contributed by atoms with E-state index in [0.29, 0.717) is 24.3 Å². The molecule has 2 rings (SSSR count). The highest BCUT2D eigenvalue weighted by molar-refractivity contribution is 5.79. The Balaban J connectivity index is 2.36. The summed E-state index contributed by atoms with van der Waals surface area (Å²) in [4.78, 5) is 11.0. The molecular weight excluding hydrogens is 230 g/mol. The van der Waals surface area contributed by atoms with Crippen LogP contribution in [0.25, 0.3) is 0 Å². The highest BCUT2D eigenvalue weighted by Crippen LogP contribution is 2.34. The zero-order valence-electron chi connectivity index (χ0n) is 9.33. The molecule has 0 saturated heterocycles. The number of carbonyl (C=O) groups is 1. The lowest BCUT2D eigenvalue weighted by Crippen LogP contribution is -2.27. The van der Waals surface area contributed by atoms with Crippen molar-refractivity contribution in [1.29, 1.82) is 0 Å². The summed E-state index contributed by atoms with van der Waals surface area (Å²) in [6.45, 7) is 0.597. The quantitative estimate of drug-likeness (QED) is 0.746. The standard InChI is InChI=1S/C12H12F2O3/c1-16-11(15)12(13,14)9-4-5-10-8(7-9)3-2-6-17-10/h4-5,7H,2-3,6H2,1H3. The van der Waals surface area contributed by atoms with Gasteiger partial charge in [-0.1, -0.05) is 0 Å². The number of carbonyl (C=O) groups excluding carboxylic acids is 1. The Hall–Kier alpha value is -1.65. The van der Waals surface area contributed by atoms with Gasteiger partial charge in [0.1, 0.15) is 5.75 Å². The molecule has 0 atom stereocenters. The second kappa shape index (κ2) is 4.31. The first-order valence-corrected chi connectivity index (χ1v) is 5.28. The van der Waals surface area contributed by atoms with Gasteiger partial charge in [-0.3, -0.25) is 0 Å². The van der Waals surface area contributed by atoms with Crippen LogP contribution in [0.2, 0.25) is 0 Å². The summed E-state index contributed by atoms with van der Waals surface area (Å²) in [7, 11) is 0.942. The molecule has 0 aromatic heterocycles. The van der Waals surface area contributed by atoms with Crippen LogP contribution >= 0.6 is 0 Å². The summed E-state index contributed by atoms with van der Waals surface area (Å²) in [5.74, 6) is -4.55. The number of esters is 1. The molecule has 1 aliphatic heterocycles. The SMILES string of the molecule is COC(=O)C(F)(F)c1ccc2c(c1)CCCO2. The van der Waals surface area contributed by atoms with Crippen LogP contribution < -0.4 is 4.74 Å². The highest BCUT2D eigenvalue weighted by atomic mass is 19.3. The molecule has 17 heavy (non-hydrogen) atoms. The monoisotopic (exact) mass is 242 g/mol. The Bertz CT molecular complexity index is 443. The number of rotatable bonds is 2. The summed E-state index contributed by atoms with van der Waals surface area (Å²) in [6.07, 6.45) is 1.47. The fraction of sp³-hybridized carbons (Fsp3) is 0.417. The maximum atomic E-state index is 13.6. The maximum absolute atomic E-state index is 13.6. The summed E-state index contributed by atoms with van der Waals surface area (Å²) in [5, 5.41) is 0. The van der Waals surface area contributed by atoms with Gasteiger partial charge in [0.25, 0.3) is 0 Å². The Morgan fingerprint density at radius 2 is 2.24 bits per heavy atom. The van der Waals surface area contributed by atoms with Crippen LogP contribution in [0.1, 0.15) is 17.5 Å². The number of alkyl halides is 2. The average Bonchev–Trinajstić information content (AvgIpc) is 2.37. The third kappa shape index (κ3) is 2.09. The van der Waals surface area contributed by atoms with Crippen LogP contribution in [-0.2, 0) is 21.9 Å². The minimum Gasteiger partial charge on any atom is -0.493 e. The molecule has 0 radical (unpaired) electrons. The molecule has 0 bridgehead atoms. The van der Waals surface area contributed by atoms with E-state index in [1.807, 2.05) is 0 Å². The number of halogens is 2. The predicted octanol–water partition coefficient (Wildman–Crippen LogP) is 2.28. The number of ether oxygens (including phenoxy) is 2. The fourth-order valence-corrected chi connectivity index (χ4v) is 1.80. The van der Waals surface area contributed by atoms with E-state index in [1.54, 1.807) is 0 Å². The fourth-order valence-electron chi connectivity index (χ4n) is 1.80. The number of hydrogen-bond acceptors (Lipinski definition) is 3. The molecular formula is C12H12F2O3. The number of fused-ring (bicyclic) bond motifs is 1. The van der Waals surface area contributed by atoms with Gasteiger partial charge in [-0.25, -0.2) is 4.79 Å². The lowest BCUT2D eigenvalue weighted by molar-refractivity contribution is -0.170. The van der Waals surface area contributed by atoms with Crippen molar-refractivity contribution in [2.24, 2.45) is 0 Å². The first kappa shape index (κ1) is 11.8. The molecule has 0 spiro atoms. The molecule has 0 fully saturated rings. The lowest BCUT2D eigenvalue weighted by Gasteiger charge is -2.20. The molecule has 1 aromatic carbocycles. The smallest absolute Gasteiger partial charge is 0.381 e. The highest BCUT2D eigenvalue weighted by Gasteiger charge is 2.42. The van der Waals surface area contributed by atoms with Gasteiger partial charge in [-0.15, -0.1) is 0 Å². The lowest BCUT2D eigenvalue weighted by atomic mass is 10.00. The minimum atomic E-state index is -3.61. The van der Waals surface area contributed by atoms with E-state index in [4.69, 9.17) is 4.74 Å². The zero-order valence-corrected chi connectivity index (χ0v) is 9.33. The van der Waals surface area contributed by atoms with Gasteiger partial charge < -0.3 is 9.47 Å². The third-order valence-electron chi connectivity index (χ3n) is 2.71. The van der Waals surface area contributed by atoms with Gasteiger partial charge in [0.15, 0.2) is 0 Å². The summed E-state index contributed by atoms with van der Waals surface area (Å²) in [6, 6.07) is 3.98. The van der Waals surface area contributed by atoms with Crippen molar-refractivity contribution in [3.8, 4) is 5.75 Å². The van der Waals surface area contributed by atoms with Crippen molar-refractivity contribution < 1.29 is 23.0 Å². The Kier molecular flexibility index (Phi) is 3.00. The zero-order chi connectivity index (χ0) is 12.5. The van der Waals surface area contributed by atoms with Gasteiger partial charge in [0.2, 0.25) is 0 Å². The summed E-state index contributed by atoms with van der Waals surface area (Å²) < 4.78 is 36.6. The number of methoxy groups -OCH3 is 1. The van der Waals surface area contributed by atoms with Gasteiger partial charge in [0, 0.05) is 5.56 Å². The van der Waals surface area contributed by atoms with Crippen LogP contribution in [0.4, 0.5) is 8.78 Å². The third-order valence-corrected chi connectivity index (χ3v) is 2.71. The maximum Gasteiger partial charge on any atom is 0.381 e. The van der Waals surface area contributed by atoms with Crippen molar-refractivity contribution in [2.75, 3.05) is 13.7 Å². The molecule has 1 aromatic rings. The Labute approximate surface area is 97.3 Å². The van der Waals surface area contributed by atoms with E-state index in [-0.39, 0.29) is 5.56 Å². The average molecular weight is 242 g/mol. The van der Waals surface area contributed by atoms with Gasteiger partial charge >= 0.3 is 11.9 Å². The van der Waals surface area contributed by atoms with E-state index in [2.05, 4.69) is 4.74 Å². The van der Waals surface area contributed by atoms with Gasteiger partial charge in [-0.2, -0.15) is 8.78 Å². The minimum absolute atomic E-state index is 0.353. The number of benzene rings is 1. The van der Waals surface area contributed by atoms with Crippen molar-refractivity contribution in [3.05, 3.63) is 29.3 Å². The van der Waals surface area contributed by atoms with Crippen LogP contribution in [-0.4, -0.2) is 19.7 Å². The Morgan fingerprint density at radius 3 is 2.94 bits per heavy atom. The van der Waals surface area contributed by atoms with Crippen molar-refractivity contribution in [1.82, 2.24) is 0 Å². The molecule has 1 heterocycles. The molecule has 0 N–H and O–H groups in total. The van der Waals surface area contributed by atoms with Gasteiger partial charge in [-0.05, 0) is 36.6 Å². The first-order chi connectivity index (χ1) is 8.05. The van der Waals surface area contributed by atoms with Crippen LogP contribution in [0, 0.1) is 0 Å². The van der Waals surface area contributed by atoms with Crippen LogP contribution in [0.3, 0.4) is 0 Å². The van der Waals surface area contributed by atoms with Crippen molar-refractivity contribution in [2.45, 2.75) is 18.8 Å². The number of aryl methyl sites for hydroxylation is 1. The number of hydrogen-bond donors (Lipinski definition) is 0. The normalized spacial score (nSPS) is 14.8. The molecule has 92 valence electrons. The van der Waals surface area contributed by atoms with E-state index < -0.39 is 11.9 Å². The Morgan fingerprint density at radius 1 is 1.47 bits per heavy atom. The molecule has 1 aliphatic rings. The molecule has 0 unspecified atom stereocenters. The van der Waals surface area contributed by atoms with Crippen LogP contribution in [0.15, 0.2) is 18.2 Å². The van der Waals surface area contributed by atoms with E-state index >= 15 is 0 Å². The molecule has 5 heteroatoms. The molecule has 0 aliphatic carbocycles. The molecule has 3 nitrogen and oxygen atoms in total. The van der Waals surface area contributed by atoms with Gasteiger partial charge in [0.05, 0.1) is 13.7 Å². The summed E-state index contributed by atoms with van der Waals surface area (Å²) >= 11 is 0. The van der Waals surface area contributed by atoms with Crippen molar-refractivity contribution >= 4 is 5.97 Å². The molecule has 0 saturated carbocycles. The predicted molar refractivity (Wildman–Crippen MR) is 56.2 cm³/mol. The first-order valence-electron chi connectivity index (χ1n) is 5.28. The van der Waals surface area contributed by atoms with Crippen LogP contribution in [0.5, 0.6) is 5.75 Å². The summed E-state index contributed by atoms with van der Waals surface area (Å²) in [5.41, 5.74) is 0.353.